The van der Waals surface area contributed by atoms with Crippen LogP contribution >= 0.6 is 0 Å². The Morgan fingerprint density at radius 3 is 2.26 bits per heavy atom. The van der Waals surface area contributed by atoms with E-state index in [0.29, 0.717) is 25.3 Å². The molecule has 0 saturated carbocycles. The van der Waals surface area contributed by atoms with Gasteiger partial charge in [0.25, 0.3) is 0 Å². The lowest BCUT2D eigenvalue weighted by atomic mass is 10.2. The number of aromatic nitrogens is 1. The van der Waals surface area contributed by atoms with Gasteiger partial charge in [0.15, 0.2) is 0 Å². The second-order valence-corrected chi connectivity index (χ2v) is 8.75. The van der Waals surface area contributed by atoms with Crippen LogP contribution in [0, 0.1) is 0 Å². The number of amides is 1. The minimum absolute atomic E-state index is 0.159. The Hall–Kier alpha value is -2.45. The molecule has 2 aromatic rings. The predicted octanol–water partition coefficient (Wildman–Crippen LogP) is 2.74. The molecule has 0 aliphatic carbocycles. The molecule has 1 aromatic heterocycles. The van der Waals surface area contributed by atoms with E-state index in [4.69, 9.17) is 0 Å². The van der Waals surface area contributed by atoms with Crippen molar-refractivity contribution in [2.24, 2.45) is 0 Å². The Labute approximate surface area is 159 Å². The van der Waals surface area contributed by atoms with Crippen molar-refractivity contribution in [1.29, 1.82) is 0 Å². The number of carbonyl (C=O) groups excluding carboxylic acids is 1. The van der Waals surface area contributed by atoms with Gasteiger partial charge in [-0.25, -0.2) is 13.4 Å². The van der Waals surface area contributed by atoms with E-state index in [-0.39, 0.29) is 10.8 Å². The van der Waals surface area contributed by atoms with E-state index in [1.165, 1.54) is 10.5 Å². The van der Waals surface area contributed by atoms with E-state index in [1.54, 1.807) is 17.0 Å². The molecule has 0 radical (unpaired) electrons. The van der Waals surface area contributed by atoms with Crippen LogP contribution in [0.3, 0.4) is 0 Å². The van der Waals surface area contributed by atoms with Gasteiger partial charge in [0, 0.05) is 43.6 Å². The number of benzene rings is 1. The van der Waals surface area contributed by atoms with Crippen LogP contribution < -0.4 is 10.2 Å². The van der Waals surface area contributed by atoms with Crippen LogP contribution in [0.1, 0.15) is 25.7 Å². The quantitative estimate of drug-likeness (QED) is 0.854. The van der Waals surface area contributed by atoms with Crippen molar-refractivity contribution in [2.75, 3.05) is 29.9 Å². The third-order valence-electron chi connectivity index (χ3n) is 4.96. The van der Waals surface area contributed by atoms with Crippen molar-refractivity contribution in [3.63, 3.8) is 0 Å². The standard InChI is InChI=1S/C19H22N4O3S/c24-19-4-3-13-23(19)16-7-5-15(6-8-16)21-18-10-9-17(14-20-18)27(25,26)22-11-1-2-12-22/h5-10,14H,1-4,11-13H2,(H,20,21). The summed E-state index contributed by atoms with van der Waals surface area (Å²) in [6.07, 6.45) is 4.72. The Morgan fingerprint density at radius 1 is 0.926 bits per heavy atom. The maximum atomic E-state index is 12.5. The molecule has 8 heteroatoms. The van der Waals surface area contributed by atoms with E-state index >= 15 is 0 Å². The largest absolute Gasteiger partial charge is 0.340 e. The second-order valence-electron chi connectivity index (χ2n) is 6.81. The lowest BCUT2D eigenvalue weighted by Gasteiger charge is -2.16. The van der Waals surface area contributed by atoms with E-state index in [0.717, 1.165) is 37.2 Å². The lowest BCUT2D eigenvalue weighted by Crippen LogP contribution is -2.27. The van der Waals surface area contributed by atoms with E-state index < -0.39 is 10.0 Å². The fraction of sp³-hybridized carbons (Fsp3) is 0.368. The van der Waals surface area contributed by atoms with Crippen molar-refractivity contribution in [1.82, 2.24) is 9.29 Å². The second kappa shape index (κ2) is 7.28. The fourth-order valence-corrected chi connectivity index (χ4v) is 4.94. The van der Waals surface area contributed by atoms with Gasteiger partial charge in [0.2, 0.25) is 15.9 Å². The number of nitrogens with zero attached hydrogens (tertiary/aromatic N) is 3. The Bertz CT molecular complexity index is 920. The van der Waals surface area contributed by atoms with Crippen molar-refractivity contribution >= 4 is 33.1 Å². The Balaban J connectivity index is 1.44. The minimum Gasteiger partial charge on any atom is -0.340 e. The molecular weight excluding hydrogens is 364 g/mol. The van der Waals surface area contributed by atoms with Gasteiger partial charge in [0.1, 0.15) is 10.7 Å². The summed E-state index contributed by atoms with van der Waals surface area (Å²) < 4.78 is 26.6. The third kappa shape index (κ3) is 3.68. The highest BCUT2D eigenvalue weighted by molar-refractivity contribution is 7.89. The zero-order valence-electron chi connectivity index (χ0n) is 15.0. The number of hydrogen-bond acceptors (Lipinski definition) is 5. The average molecular weight is 386 g/mol. The maximum Gasteiger partial charge on any atom is 0.244 e. The summed E-state index contributed by atoms with van der Waals surface area (Å²) in [6.45, 7) is 1.92. The van der Waals surface area contributed by atoms with Gasteiger partial charge in [-0.05, 0) is 55.7 Å². The minimum atomic E-state index is -3.44. The van der Waals surface area contributed by atoms with Crippen LogP contribution in [0.15, 0.2) is 47.5 Å². The van der Waals surface area contributed by atoms with Crippen molar-refractivity contribution < 1.29 is 13.2 Å². The van der Waals surface area contributed by atoms with Crippen LogP contribution in [0.4, 0.5) is 17.2 Å². The first-order valence-corrected chi connectivity index (χ1v) is 10.6. The first kappa shape index (κ1) is 17.9. The number of rotatable bonds is 5. The van der Waals surface area contributed by atoms with Crippen LogP contribution in [0.2, 0.25) is 0 Å². The van der Waals surface area contributed by atoms with Gasteiger partial charge >= 0.3 is 0 Å². The average Bonchev–Trinajstić information content (AvgIpc) is 3.35. The summed E-state index contributed by atoms with van der Waals surface area (Å²) in [7, 11) is -3.44. The lowest BCUT2D eigenvalue weighted by molar-refractivity contribution is -0.117. The first-order valence-electron chi connectivity index (χ1n) is 9.18. The highest BCUT2D eigenvalue weighted by Crippen LogP contribution is 2.25. The molecular formula is C19H22N4O3S. The number of carbonyl (C=O) groups is 1. The predicted molar refractivity (Wildman–Crippen MR) is 104 cm³/mol. The molecule has 2 aliphatic heterocycles. The smallest absolute Gasteiger partial charge is 0.244 e. The van der Waals surface area contributed by atoms with E-state index in [2.05, 4.69) is 10.3 Å². The monoisotopic (exact) mass is 386 g/mol. The molecule has 1 N–H and O–H groups in total. The maximum absolute atomic E-state index is 12.5. The molecule has 2 aliphatic rings. The van der Waals surface area contributed by atoms with Crippen LogP contribution in [-0.2, 0) is 14.8 Å². The summed E-state index contributed by atoms with van der Waals surface area (Å²) in [6, 6.07) is 10.8. The number of sulfonamides is 1. The molecule has 4 rings (SSSR count). The highest BCUT2D eigenvalue weighted by atomic mass is 32.2. The summed E-state index contributed by atoms with van der Waals surface area (Å²) in [5.41, 5.74) is 1.72. The van der Waals surface area contributed by atoms with Crippen LogP contribution in [0.5, 0.6) is 0 Å². The van der Waals surface area contributed by atoms with Gasteiger partial charge < -0.3 is 10.2 Å². The molecule has 0 atom stereocenters. The molecule has 3 heterocycles. The highest BCUT2D eigenvalue weighted by Gasteiger charge is 2.27. The SMILES string of the molecule is O=C1CCCN1c1ccc(Nc2ccc(S(=O)(=O)N3CCCC3)cn2)cc1. The molecule has 0 spiro atoms. The Kier molecular flexibility index (Phi) is 4.84. The molecule has 1 amide bonds. The fourth-order valence-electron chi connectivity index (χ4n) is 3.48. The molecule has 7 nitrogen and oxygen atoms in total. The summed E-state index contributed by atoms with van der Waals surface area (Å²) in [5.74, 6) is 0.729. The number of pyridine rings is 1. The summed E-state index contributed by atoms with van der Waals surface area (Å²) >= 11 is 0. The van der Waals surface area contributed by atoms with Gasteiger partial charge in [0.05, 0.1) is 0 Å². The first-order chi connectivity index (χ1) is 13.0. The van der Waals surface area contributed by atoms with Crippen molar-refractivity contribution in [3.8, 4) is 0 Å². The van der Waals surface area contributed by atoms with Crippen molar-refractivity contribution in [3.05, 3.63) is 42.6 Å². The zero-order chi connectivity index (χ0) is 18.9. The molecule has 2 saturated heterocycles. The zero-order valence-corrected chi connectivity index (χ0v) is 15.8. The molecule has 142 valence electrons. The van der Waals surface area contributed by atoms with E-state index in [9.17, 15) is 13.2 Å². The molecule has 27 heavy (non-hydrogen) atoms. The number of nitrogens with one attached hydrogen (secondary N) is 1. The normalized spacial score (nSPS) is 18.2. The molecule has 1 aromatic carbocycles. The van der Waals surface area contributed by atoms with Crippen LogP contribution in [-0.4, -0.2) is 43.2 Å². The van der Waals surface area contributed by atoms with Crippen LogP contribution in [0.25, 0.3) is 0 Å². The van der Waals surface area contributed by atoms with Gasteiger partial charge in [-0.1, -0.05) is 0 Å². The van der Waals surface area contributed by atoms with Gasteiger partial charge in [-0.15, -0.1) is 0 Å². The van der Waals surface area contributed by atoms with E-state index in [1.807, 2.05) is 24.3 Å². The van der Waals surface area contributed by atoms with Gasteiger partial charge in [-0.2, -0.15) is 4.31 Å². The number of anilines is 3. The third-order valence-corrected chi connectivity index (χ3v) is 6.85. The summed E-state index contributed by atoms with van der Waals surface area (Å²) in [5, 5.41) is 3.16. The number of hydrogen-bond donors (Lipinski definition) is 1. The van der Waals surface area contributed by atoms with Gasteiger partial charge in [-0.3, -0.25) is 4.79 Å². The summed E-state index contributed by atoms with van der Waals surface area (Å²) in [4.78, 5) is 18.1. The van der Waals surface area contributed by atoms with Crippen molar-refractivity contribution in [2.45, 2.75) is 30.6 Å². The molecule has 2 fully saturated rings. The Morgan fingerprint density at radius 2 is 1.67 bits per heavy atom. The topological polar surface area (TPSA) is 82.6 Å². The molecule has 0 unspecified atom stereocenters. The molecule has 0 bridgehead atoms.